The Morgan fingerprint density at radius 1 is 1.47 bits per heavy atom. The van der Waals surface area contributed by atoms with Crippen LogP contribution in [0.3, 0.4) is 0 Å². The van der Waals surface area contributed by atoms with Gasteiger partial charge < -0.3 is 11.1 Å². The minimum Gasteiger partial charge on any atom is -0.380 e. The van der Waals surface area contributed by atoms with Crippen LogP contribution in [0.25, 0.3) is 0 Å². The topological polar surface area (TPSA) is 55.1 Å². The van der Waals surface area contributed by atoms with Crippen LogP contribution in [0.2, 0.25) is 5.02 Å². The monoisotopic (exact) mass is 316 g/mol. The highest BCUT2D eigenvalue weighted by molar-refractivity contribution is 8.13. The molecule has 19 heavy (non-hydrogen) atoms. The molecular formula is C13H17ClN2OS2. The molecule has 3 N–H and O–H groups in total. The van der Waals surface area contributed by atoms with Crippen molar-refractivity contribution in [2.24, 2.45) is 5.73 Å². The fourth-order valence-corrected chi connectivity index (χ4v) is 2.43. The standard InChI is InChI=1S/C13H17ClN2OS2/c1-9(18)16-7-6-12(15)13(17)19-8-10-2-4-11(14)5-3-10/h2-5,12H,6-8,15H2,1H3,(H,16,18). The Kier molecular flexibility index (Phi) is 7.38. The van der Waals surface area contributed by atoms with Crippen LogP contribution in [-0.4, -0.2) is 22.7 Å². The number of thiocarbonyl (C=S) groups is 1. The highest BCUT2D eigenvalue weighted by atomic mass is 35.5. The number of hydrogen-bond acceptors (Lipinski definition) is 4. The maximum atomic E-state index is 11.8. The molecule has 0 bridgehead atoms. The molecule has 0 radical (unpaired) electrons. The van der Waals surface area contributed by atoms with Gasteiger partial charge >= 0.3 is 0 Å². The van der Waals surface area contributed by atoms with Gasteiger partial charge in [0.05, 0.1) is 11.0 Å². The maximum Gasteiger partial charge on any atom is 0.206 e. The predicted octanol–water partition coefficient (Wildman–Crippen LogP) is 2.75. The molecule has 1 unspecified atom stereocenters. The molecule has 0 aliphatic heterocycles. The van der Waals surface area contributed by atoms with Crippen LogP contribution < -0.4 is 11.1 Å². The number of carbonyl (C=O) groups excluding carboxylic acids is 1. The van der Waals surface area contributed by atoms with Gasteiger partial charge in [-0.3, -0.25) is 4.79 Å². The Morgan fingerprint density at radius 2 is 2.11 bits per heavy atom. The molecule has 0 saturated carbocycles. The summed E-state index contributed by atoms with van der Waals surface area (Å²) in [6.07, 6.45) is 0.584. The third-order valence-electron chi connectivity index (χ3n) is 2.43. The lowest BCUT2D eigenvalue weighted by molar-refractivity contribution is -0.112. The first-order valence-electron chi connectivity index (χ1n) is 5.90. The van der Waals surface area contributed by atoms with E-state index < -0.39 is 6.04 Å². The van der Waals surface area contributed by atoms with Crippen LogP contribution in [0.5, 0.6) is 0 Å². The minimum absolute atomic E-state index is 0.00114. The van der Waals surface area contributed by atoms with Crippen LogP contribution in [0.4, 0.5) is 0 Å². The van der Waals surface area contributed by atoms with Crippen molar-refractivity contribution in [3.05, 3.63) is 34.9 Å². The van der Waals surface area contributed by atoms with Crippen LogP contribution in [0.15, 0.2) is 24.3 Å². The maximum absolute atomic E-state index is 11.8. The first kappa shape index (κ1) is 16.4. The fraction of sp³-hybridized carbons (Fsp3) is 0.385. The zero-order chi connectivity index (χ0) is 14.3. The molecule has 1 rings (SSSR count). The van der Waals surface area contributed by atoms with Gasteiger partial charge in [0.15, 0.2) is 0 Å². The van der Waals surface area contributed by atoms with Crippen LogP contribution in [-0.2, 0) is 10.5 Å². The lowest BCUT2D eigenvalue weighted by Gasteiger charge is -2.10. The normalized spacial score (nSPS) is 11.9. The van der Waals surface area contributed by atoms with Crippen molar-refractivity contribution >= 4 is 45.7 Å². The van der Waals surface area contributed by atoms with Gasteiger partial charge in [-0.15, -0.1) is 0 Å². The molecule has 1 aromatic rings. The summed E-state index contributed by atoms with van der Waals surface area (Å²) in [4.78, 5) is 12.5. The van der Waals surface area contributed by atoms with E-state index >= 15 is 0 Å². The Hall–Kier alpha value is -0.620. The largest absolute Gasteiger partial charge is 0.380 e. The summed E-state index contributed by atoms with van der Waals surface area (Å²) in [6.45, 7) is 2.43. The molecule has 0 spiro atoms. The zero-order valence-corrected chi connectivity index (χ0v) is 13.1. The number of hydrogen-bond donors (Lipinski definition) is 2. The average molecular weight is 317 g/mol. The van der Waals surface area contributed by atoms with Crippen molar-refractivity contribution in [1.82, 2.24) is 5.32 Å². The first-order chi connectivity index (χ1) is 8.99. The van der Waals surface area contributed by atoms with Crippen molar-refractivity contribution in [3.8, 4) is 0 Å². The third-order valence-corrected chi connectivity index (χ3v) is 3.89. The molecule has 0 aliphatic carbocycles. The predicted molar refractivity (Wildman–Crippen MR) is 86.6 cm³/mol. The summed E-state index contributed by atoms with van der Waals surface area (Å²) in [7, 11) is 0. The minimum atomic E-state index is -0.459. The second kappa shape index (κ2) is 8.53. The molecule has 0 aliphatic rings. The Balaban J connectivity index is 2.30. The Bertz CT molecular complexity index is 437. The van der Waals surface area contributed by atoms with Crippen LogP contribution in [0.1, 0.15) is 18.9 Å². The third kappa shape index (κ3) is 6.92. The molecule has 0 aromatic heterocycles. The van der Waals surface area contributed by atoms with E-state index in [-0.39, 0.29) is 5.12 Å². The van der Waals surface area contributed by atoms with Crippen molar-refractivity contribution in [2.45, 2.75) is 25.1 Å². The molecule has 6 heteroatoms. The SMILES string of the molecule is CC(=S)NCCC(N)C(=O)SCc1ccc(Cl)cc1. The summed E-state index contributed by atoms with van der Waals surface area (Å²) in [5.41, 5.74) is 6.88. The van der Waals surface area contributed by atoms with Crippen LogP contribution in [0, 0.1) is 0 Å². The van der Waals surface area contributed by atoms with Gasteiger partial charge in [0.2, 0.25) is 5.12 Å². The van der Waals surface area contributed by atoms with Gasteiger partial charge in [0.25, 0.3) is 0 Å². The molecular weight excluding hydrogens is 300 g/mol. The van der Waals surface area contributed by atoms with E-state index in [1.165, 1.54) is 11.8 Å². The second-order valence-corrected chi connectivity index (χ2v) is 6.14. The molecule has 1 atom stereocenters. The lowest BCUT2D eigenvalue weighted by atomic mass is 10.2. The summed E-state index contributed by atoms with van der Waals surface area (Å²) in [5.74, 6) is 0.614. The summed E-state index contributed by atoms with van der Waals surface area (Å²) >= 11 is 11.9. The summed E-state index contributed by atoms with van der Waals surface area (Å²) < 4.78 is 0. The van der Waals surface area contributed by atoms with Gasteiger partial charge in [-0.2, -0.15) is 0 Å². The summed E-state index contributed by atoms with van der Waals surface area (Å²) in [6, 6.07) is 6.98. The molecule has 1 aromatic carbocycles. The van der Waals surface area contributed by atoms with Gasteiger partial charge in [-0.05, 0) is 31.0 Å². The molecule has 3 nitrogen and oxygen atoms in total. The molecule has 0 amide bonds. The first-order valence-corrected chi connectivity index (χ1v) is 7.67. The highest BCUT2D eigenvalue weighted by Crippen LogP contribution is 2.17. The molecule has 0 saturated heterocycles. The molecule has 104 valence electrons. The lowest BCUT2D eigenvalue weighted by Crippen LogP contribution is -2.33. The zero-order valence-electron chi connectivity index (χ0n) is 10.7. The fourth-order valence-electron chi connectivity index (χ4n) is 1.36. The highest BCUT2D eigenvalue weighted by Gasteiger charge is 2.13. The van der Waals surface area contributed by atoms with Crippen molar-refractivity contribution in [2.75, 3.05) is 6.54 Å². The van der Waals surface area contributed by atoms with E-state index in [0.29, 0.717) is 28.7 Å². The van der Waals surface area contributed by atoms with Crippen molar-refractivity contribution < 1.29 is 4.79 Å². The smallest absolute Gasteiger partial charge is 0.206 e. The number of benzene rings is 1. The second-order valence-electron chi connectivity index (χ2n) is 4.11. The van der Waals surface area contributed by atoms with E-state index in [4.69, 9.17) is 29.6 Å². The van der Waals surface area contributed by atoms with E-state index in [1.54, 1.807) is 6.92 Å². The van der Waals surface area contributed by atoms with Crippen molar-refractivity contribution in [3.63, 3.8) is 0 Å². The number of nitrogens with one attached hydrogen (secondary N) is 1. The van der Waals surface area contributed by atoms with Crippen LogP contribution >= 0.6 is 35.6 Å². The van der Waals surface area contributed by atoms with E-state index in [2.05, 4.69) is 5.32 Å². The van der Waals surface area contributed by atoms with Gasteiger partial charge in [-0.25, -0.2) is 0 Å². The number of nitrogens with two attached hydrogens (primary N) is 1. The average Bonchev–Trinajstić information content (AvgIpc) is 2.37. The Morgan fingerprint density at radius 3 is 2.68 bits per heavy atom. The quantitative estimate of drug-likeness (QED) is 0.790. The van der Waals surface area contributed by atoms with E-state index in [9.17, 15) is 4.79 Å². The summed E-state index contributed by atoms with van der Waals surface area (Å²) in [5, 5.41) is 3.68. The Labute approximate surface area is 128 Å². The number of halogens is 1. The molecule has 0 heterocycles. The van der Waals surface area contributed by atoms with Gasteiger partial charge in [-0.1, -0.05) is 47.7 Å². The number of thioether (sulfide) groups is 1. The number of carbonyl (C=O) groups is 1. The van der Waals surface area contributed by atoms with Crippen molar-refractivity contribution in [1.29, 1.82) is 0 Å². The van der Waals surface area contributed by atoms with Gasteiger partial charge in [0, 0.05) is 17.3 Å². The van der Waals surface area contributed by atoms with E-state index in [1.807, 2.05) is 24.3 Å². The number of rotatable bonds is 6. The van der Waals surface area contributed by atoms with E-state index in [0.717, 1.165) is 5.56 Å². The van der Waals surface area contributed by atoms with Gasteiger partial charge in [0.1, 0.15) is 0 Å². The molecule has 0 fully saturated rings.